The first-order chi connectivity index (χ1) is 20.0. The Morgan fingerprint density at radius 1 is 0.881 bits per heavy atom. The summed E-state index contributed by atoms with van der Waals surface area (Å²) in [5.74, 6) is -2.42. The topological polar surface area (TPSA) is 166 Å². The Kier molecular flexibility index (Phi) is 9.56. The van der Waals surface area contributed by atoms with Crippen LogP contribution in [0, 0.1) is 11.8 Å². The minimum Gasteiger partial charge on any atom is -0.493 e. The van der Waals surface area contributed by atoms with Gasteiger partial charge in [-0.1, -0.05) is 13.8 Å². The Hall–Kier alpha value is -4.32. The normalized spacial score (nSPS) is 13.8. The van der Waals surface area contributed by atoms with Gasteiger partial charge >= 0.3 is 11.9 Å². The number of ether oxygens (including phenoxy) is 3. The van der Waals surface area contributed by atoms with Crippen molar-refractivity contribution >= 4 is 50.7 Å². The van der Waals surface area contributed by atoms with E-state index < -0.39 is 23.8 Å². The van der Waals surface area contributed by atoms with Crippen LogP contribution in [0.4, 0.5) is 5.69 Å². The van der Waals surface area contributed by atoms with Crippen LogP contribution in [0.3, 0.4) is 0 Å². The number of ketones is 1. The molecule has 0 unspecified atom stereocenters. The molecule has 11 nitrogen and oxygen atoms in total. The number of nitrogens with two attached hydrogens (primary N) is 1. The highest BCUT2D eigenvalue weighted by molar-refractivity contribution is 7.20. The van der Waals surface area contributed by atoms with E-state index in [2.05, 4.69) is 0 Å². The van der Waals surface area contributed by atoms with Gasteiger partial charge in [-0.3, -0.25) is 19.2 Å². The van der Waals surface area contributed by atoms with Crippen molar-refractivity contribution in [1.29, 1.82) is 0 Å². The number of benzene rings is 2. The molecule has 0 radical (unpaired) electrons. The lowest BCUT2D eigenvalue weighted by Gasteiger charge is -2.16. The number of thiophene rings is 1. The van der Waals surface area contributed by atoms with E-state index in [-0.39, 0.29) is 24.5 Å². The molecule has 42 heavy (non-hydrogen) atoms. The molecule has 1 aromatic heterocycles. The Labute approximate surface area is 246 Å². The first-order valence-electron chi connectivity index (χ1n) is 13.5. The van der Waals surface area contributed by atoms with Crippen molar-refractivity contribution < 1.29 is 43.6 Å². The molecule has 0 bridgehead atoms. The second kappa shape index (κ2) is 13.1. The molecule has 0 aliphatic carbocycles. The number of methoxy groups -OCH3 is 1. The quantitative estimate of drug-likeness (QED) is 0.136. The number of aliphatic carboxylic acids is 2. The van der Waals surface area contributed by atoms with Gasteiger partial charge in [-0.15, -0.1) is 11.3 Å². The van der Waals surface area contributed by atoms with E-state index in [1.54, 1.807) is 29.2 Å². The third-order valence-electron chi connectivity index (χ3n) is 7.10. The average molecular weight is 599 g/mol. The molecule has 4 N–H and O–H groups in total. The van der Waals surface area contributed by atoms with Gasteiger partial charge in [0.25, 0.3) is 0 Å². The van der Waals surface area contributed by atoms with E-state index in [9.17, 15) is 19.2 Å². The smallest absolute Gasteiger partial charge is 0.306 e. The summed E-state index contributed by atoms with van der Waals surface area (Å²) in [7, 11) is 1.53. The molecule has 3 aromatic rings. The van der Waals surface area contributed by atoms with E-state index in [0.717, 1.165) is 21.2 Å². The number of anilines is 1. The van der Waals surface area contributed by atoms with E-state index in [4.69, 9.17) is 30.2 Å². The van der Waals surface area contributed by atoms with Gasteiger partial charge in [0.2, 0.25) is 5.91 Å². The Morgan fingerprint density at radius 3 is 2.14 bits per heavy atom. The third kappa shape index (κ3) is 7.11. The van der Waals surface area contributed by atoms with Crippen molar-refractivity contribution in [2.75, 3.05) is 26.1 Å². The zero-order valence-corrected chi connectivity index (χ0v) is 24.5. The van der Waals surface area contributed by atoms with Gasteiger partial charge in [-0.05, 0) is 40.8 Å². The Morgan fingerprint density at radius 2 is 1.50 bits per heavy atom. The fraction of sp³-hybridized carbons (Fsp3) is 0.400. The maximum atomic E-state index is 12.5. The number of carbonyl (C=O) groups excluding carboxylic acids is 2. The maximum absolute atomic E-state index is 12.5. The average Bonchev–Trinajstić information content (AvgIpc) is 3.55. The lowest BCUT2D eigenvalue weighted by Crippen LogP contribution is -2.28. The molecular formula is C30H34N2O9S. The molecule has 1 aliphatic rings. The number of hydrogen-bond donors (Lipinski definition) is 3. The lowest BCUT2D eigenvalue weighted by atomic mass is 10.0. The van der Waals surface area contributed by atoms with Crippen LogP contribution < -0.4 is 19.9 Å². The predicted octanol–water partition coefficient (Wildman–Crippen LogP) is 4.59. The van der Waals surface area contributed by atoms with Crippen LogP contribution in [0.25, 0.3) is 10.1 Å². The number of nitrogen functional groups attached to an aromatic ring is 1. The largest absolute Gasteiger partial charge is 0.493 e. The summed E-state index contributed by atoms with van der Waals surface area (Å²) in [6.07, 6.45) is 0.410. The number of rotatable bonds is 14. The fourth-order valence-electron chi connectivity index (χ4n) is 4.57. The highest BCUT2D eigenvalue weighted by Crippen LogP contribution is 2.37. The molecule has 1 amide bonds. The standard InChI is InChI=1S/C30H34N2O9S/c1-16(29(35)36)7-22(33)27-12-18-10-25(24(39-3)13-26(18)42-27)41-6-4-5-40-23-11-20-15-32(14-19(20)9-21(23)31)28(34)8-17(2)30(37)38/h9-13,16-17H,4-8,14-15,31H2,1-3H3,(H,35,36)(H,37,38)/t16-,17-/m0/s1. The third-order valence-corrected chi connectivity index (χ3v) is 8.24. The molecule has 0 saturated carbocycles. The van der Waals surface area contributed by atoms with Crippen molar-refractivity contribution in [2.24, 2.45) is 11.8 Å². The van der Waals surface area contributed by atoms with E-state index in [1.165, 1.54) is 32.3 Å². The number of carboxylic acid groups (broad SMARTS) is 2. The second-order valence-corrected chi connectivity index (χ2v) is 11.5. The zero-order chi connectivity index (χ0) is 30.6. The summed E-state index contributed by atoms with van der Waals surface area (Å²) in [6.45, 7) is 4.42. The highest BCUT2D eigenvalue weighted by atomic mass is 32.1. The Balaban J connectivity index is 1.31. The van der Waals surface area contributed by atoms with Gasteiger partial charge in [0.05, 0.1) is 42.7 Å². The lowest BCUT2D eigenvalue weighted by molar-refractivity contribution is -0.145. The van der Waals surface area contributed by atoms with Gasteiger partial charge in [-0.2, -0.15) is 0 Å². The van der Waals surface area contributed by atoms with Gasteiger partial charge in [-0.25, -0.2) is 0 Å². The summed E-state index contributed by atoms with van der Waals surface area (Å²) >= 11 is 1.29. The molecular weight excluding hydrogens is 564 g/mol. The number of nitrogens with zero attached hydrogens (tertiary/aromatic N) is 1. The van der Waals surface area contributed by atoms with Crippen LogP contribution in [-0.2, 0) is 27.5 Å². The number of amides is 1. The van der Waals surface area contributed by atoms with Crippen molar-refractivity contribution in [2.45, 2.75) is 46.2 Å². The van der Waals surface area contributed by atoms with E-state index >= 15 is 0 Å². The molecule has 2 aromatic carbocycles. The minimum absolute atomic E-state index is 0.0579. The Bertz CT molecular complexity index is 1520. The maximum Gasteiger partial charge on any atom is 0.306 e. The van der Waals surface area contributed by atoms with Crippen LogP contribution in [0.1, 0.15) is 53.9 Å². The summed E-state index contributed by atoms with van der Waals surface area (Å²) in [4.78, 5) is 49.4. The first kappa shape index (κ1) is 30.6. The molecule has 4 rings (SSSR count). The van der Waals surface area contributed by atoms with Crippen molar-refractivity contribution in [3.8, 4) is 17.2 Å². The van der Waals surface area contributed by atoms with E-state index in [1.807, 2.05) is 6.07 Å². The van der Waals surface area contributed by atoms with Crippen LogP contribution in [-0.4, -0.2) is 59.1 Å². The van der Waals surface area contributed by atoms with Gasteiger partial charge in [0.1, 0.15) is 5.75 Å². The van der Waals surface area contributed by atoms with E-state index in [0.29, 0.717) is 60.5 Å². The molecule has 224 valence electrons. The van der Waals surface area contributed by atoms with Crippen LogP contribution in [0.5, 0.6) is 17.2 Å². The molecule has 1 aliphatic heterocycles. The minimum atomic E-state index is -1.01. The summed E-state index contributed by atoms with van der Waals surface area (Å²) < 4.78 is 18.2. The number of Topliss-reactive ketones (excluding diaryl/α,β-unsaturated/α-hetero) is 1. The van der Waals surface area contributed by atoms with Gasteiger partial charge in [0, 0.05) is 43.1 Å². The number of carbonyl (C=O) groups is 4. The number of carboxylic acids is 2. The van der Waals surface area contributed by atoms with Gasteiger partial charge in [0.15, 0.2) is 17.3 Å². The summed E-state index contributed by atoms with van der Waals surface area (Å²) in [6, 6.07) is 8.95. The molecule has 0 saturated heterocycles. The van der Waals surface area contributed by atoms with Crippen molar-refractivity contribution in [3.05, 3.63) is 46.3 Å². The predicted molar refractivity (Wildman–Crippen MR) is 156 cm³/mol. The fourth-order valence-corrected chi connectivity index (χ4v) is 5.59. The number of fused-ring (bicyclic) bond motifs is 2. The molecule has 0 spiro atoms. The molecule has 2 atom stereocenters. The van der Waals surface area contributed by atoms with Crippen molar-refractivity contribution in [1.82, 2.24) is 4.90 Å². The monoisotopic (exact) mass is 598 g/mol. The SMILES string of the molecule is COc1cc2sc(C(=O)C[C@H](C)C(=O)O)cc2cc1OCCCOc1cc2c(cc1N)CN(C(=O)C[C@H](C)C(=O)O)C2. The summed E-state index contributed by atoms with van der Waals surface area (Å²) in [5, 5.41) is 19.0. The van der Waals surface area contributed by atoms with Gasteiger partial charge < -0.3 is 35.1 Å². The first-order valence-corrected chi connectivity index (χ1v) is 14.3. The molecule has 12 heteroatoms. The van der Waals surface area contributed by atoms with Crippen LogP contribution >= 0.6 is 11.3 Å². The van der Waals surface area contributed by atoms with Crippen LogP contribution in [0.15, 0.2) is 30.3 Å². The summed E-state index contributed by atoms with van der Waals surface area (Å²) in [5.41, 5.74) is 8.47. The molecule has 0 fully saturated rings. The second-order valence-electron chi connectivity index (χ2n) is 10.4. The number of hydrogen-bond acceptors (Lipinski definition) is 9. The molecule has 2 heterocycles. The zero-order valence-electron chi connectivity index (χ0n) is 23.7. The highest BCUT2D eigenvalue weighted by Gasteiger charge is 2.27. The van der Waals surface area contributed by atoms with Crippen LogP contribution in [0.2, 0.25) is 0 Å². The van der Waals surface area contributed by atoms with Crippen molar-refractivity contribution in [3.63, 3.8) is 0 Å².